The minimum atomic E-state index is -1.20. The summed E-state index contributed by atoms with van der Waals surface area (Å²) in [7, 11) is 0. The number of halogens is 1. The number of ketones is 1. The van der Waals surface area contributed by atoms with Crippen molar-refractivity contribution in [2.75, 3.05) is 0 Å². The average Bonchev–Trinajstić information content (AvgIpc) is 3.18. The molecule has 1 amide bonds. The number of Topliss-reactive ketones (excluding diaryl/α,β-unsaturated/α-hetero) is 1. The molecule has 21 heavy (non-hydrogen) atoms. The SMILES string of the molecule is CC(C)NC(=O)[C@H](C#N)C(=O)[C@H]1C[C@H]1c1cccc(Br)c1. The van der Waals surface area contributed by atoms with Crippen LogP contribution in [-0.2, 0) is 9.59 Å². The summed E-state index contributed by atoms with van der Waals surface area (Å²) in [4.78, 5) is 24.2. The summed E-state index contributed by atoms with van der Waals surface area (Å²) in [5, 5.41) is 11.7. The zero-order valence-electron chi connectivity index (χ0n) is 12.0. The van der Waals surface area contributed by atoms with Gasteiger partial charge in [0.15, 0.2) is 11.7 Å². The maximum absolute atomic E-state index is 12.3. The fraction of sp³-hybridized carbons (Fsp3) is 0.438. The molecule has 2 rings (SSSR count). The molecule has 1 aliphatic carbocycles. The number of hydrogen-bond donors (Lipinski definition) is 1. The van der Waals surface area contributed by atoms with E-state index >= 15 is 0 Å². The summed E-state index contributed by atoms with van der Waals surface area (Å²) >= 11 is 3.41. The van der Waals surface area contributed by atoms with E-state index in [1.54, 1.807) is 13.8 Å². The number of carbonyl (C=O) groups is 2. The predicted molar refractivity (Wildman–Crippen MR) is 82.4 cm³/mol. The van der Waals surface area contributed by atoms with E-state index in [0.717, 1.165) is 10.0 Å². The number of nitrogens with one attached hydrogen (secondary N) is 1. The number of hydrogen-bond acceptors (Lipinski definition) is 3. The van der Waals surface area contributed by atoms with Gasteiger partial charge in [0.25, 0.3) is 0 Å². The van der Waals surface area contributed by atoms with Gasteiger partial charge in [-0.25, -0.2) is 0 Å². The molecule has 1 aromatic rings. The zero-order valence-corrected chi connectivity index (χ0v) is 13.6. The Morgan fingerprint density at radius 2 is 2.14 bits per heavy atom. The molecule has 0 saturated heterocycles. The Hall–Kier alpha value is -1.67. The molecule has 5 heteroatoms. The van der Waals surface area contributed by atoms with E-state index in [9.17, 15) is 9.59 Å². The van der Waals surface area contributed by atoms with Gasteiger partial charge in [0.2, 0.25) is 5.91 Å². The third kappa shape index (κ3) is 3.70. The topological polar surface area (TPSA) is 70.0 Å². The fourth-order valence-electron chi connectivity index (χ4n) is 2.45. The summed E-state index contributed by atoms with van der Waals surface area (Å²) in [5.41, 5.74) is 1.07. The first-order valence-electron chi connectivity index (χ1n) is 6.93. The van der Waals surface area contributed by atoms with Crippen LogP contribution in [0.2, 0.25) is 0 Å². The molecule has 1 aliphatic rings. The van der Waals surface area contributed by atoms with Crippen molar-refractivity contribution < 1.29 is 9.59 Å². The van der Waals surface area contributed by atoms with E-state index in [2.05, 4.69) is 21.2 Å². The van der Waals surface area contributed by atoms with E-state index < -0.39 is 11.8 Å². The quantitative estimate of drug-likeness (QED) is 0.831. The second kappa shape index (κ2) is 6.40. The van der Waals surface area contributed by atoms with Gasteiger partial charge in [0.1, 0.15) is 0 Å². The van der Waals surface area contributed by atoms with Crippen LogP contribution in [0.1, 0.15) is 31.7 Å². The van der Waals surface area contributed by atoms with E-state index in [-0.39, 0.29) is 23.7 Å². The Balaban J connectivity index is 2.05. The third-order valence-electron chi connectivity index (χ3n) is 3.54. The summed E-state index contributed by atoms with van der Waals surface area (Å²) in [6.07, 6.45) is 0.711. The first kappa shape index (κ1) is 15.7. The molecule has 0 unspecified atom stereocenters. The number of nitrogens with zero attached hydrogens (tertiary/aromatic N) is 1. The highest BCUT2D eigenvalue weighted by molar-refractivity contribution is 9.10. The van der Waals surface area contributed by atoms with E-state index in [1.807, 2.05) is 30.3 Å². The Labute approximate surface area is 132 Å². The molecule has 1 N–H and O–H groups in total. The van der Waals surface area contributed by atoms with Crippen molar-refractivity contribution >= 4 is 27.6 Å². The van der Waals surface area contributed by atoms with Crippen LogP contribution >= 0.6 is 15.9 Å². The molecule has 110 valence electrons. The van der Waals surface area contributed by atoms with Crippen molar-refractivity contribution in [2.45, 2.75) is 32.2 Å². The number of amides is 1. The van der Waals surface area contributed by atoms with Gasteiger partial charge >= 0.3 is 0 Å². The predicted octanol–water partition coefficient (Wildman–Crippen LogP) is 2.79. The molecule has 1 aromatic carbocycles. The van der Waals surface area contributed by atoms with Gasteiger partial charge in [-0.3, -0.25) is 9.59 Å². The zero-order chi connectivity index (χ0) is 15.6. The van der Waals surface area contributed by atoms with Gasteiger partial charge in [-0.2, -0.15) is 5.26 Å². The normalized spacial score (nSPS) is 21.5. The molecule has 4 nitrogen and oxygen atoms in total. The lowest BCUT2D eigenvalue weighted by molar-refractivity contribution is -0.132. The monoisotopic (exact) mass is 348 g/mol. The summed E-state index contributed by atoms with van der Waals surface area (Å²) < 4.78 is 0.965. The lowest BCUT2D eigenvalue weighted by Crippen LogP contribution is -2.39. The first-order chi connectivity index (χ1) is 9.93. The van der Waals surface area contributed by atoms with Crippen LogP contribution in [0.3, 0.4) is 0 Å². The Kier molecular flexibility index (Phi) is 4.79. The highest BCUT2D eigenvalue weighted by Crippen LogP contribution is 2.49. The van der Waals surface area contributed by atoms with E-state index in [1.165, 1.54) is 0 Å². The lowest BCUT2D eigenvalue weighted by Gasteiger charge is -2.12. The Bertz CT molecular complexity index is 607. The molecular weight excluding hydrogens is 332 g/mol. The molecule has 3 atom stereocenters. The molecule has 0 aromatic heterocycles. The molecule has 0 bridgehead atoms. The summed E-state index contributed by atoms with van der Waals surface area (Å²) in [6, 6.07) is 9.56. The van der Waals surface area contributed by atoms with E-state index in [4.69, 9.17) is 5.26 Å². The van der Waals surface area contributed by atoms with Gasteiger partial charge in [0.05, 0.1) is 6.07 Å². The molecule has 0 radical (unpaired) electrons. The molecule has 0 heterocycles. The van der Waals surface area contributed by atoms with Crippen LogP contribution in [-0.4, -0.2) is 17.7 Å². The molecule has 1 fully saturated rings. The number of nitriles is 1. The van der Waals surface area contributed by atoms with Crippen LogP contribution < -0.4 is 5.32 Å². The van der Waals surface area contributed by atoms with Crippen LogP contribution in [0.4, 0.5) is 0 Å². The smallest absolute Gasteiger partial charge is 0.245 e. The van der Waals surface area contributed by atoms with Crippen molar-refractivity contribution in [3.63, 3.8) is 0 Å². The van der Waals surface area contributed by atoms with Gasteiger partial charge in [0, 0.05) is 16.4 Å². The fourth-order valence-corrected chi connectivity index (χ4v) is 2.87. The van der Waals surface area contributed by atoms with E-state index in [0.29, 0.717) is 6.42 Å². The number of benzene rings is 1. The van der Waals surface area contributed by atoms with Gasteiger partial charge in [-0.15, -0.1) is 0 Å². The molecule has 0 spiro atoms. The Morgan fingerprint density at radius 3 is 2.71 bits per heavy atom. The number of rotatable bonds is 5. The highest BCUT2D eigenvalue weighted by atomic mass is 79.9. The minimum Gasteiger partial charge on any atom is -0.352 e. The molecular formula is C16H17BrN2O2. The van der Waals surface area contributed by atoms with Crippen LogP contribution in [0.15, 0.2) is 28.7 Å². The molecule has 1 saturated carbocycles. The second-order valence-electron chi connectivity index (χ2n) is 5.63. The van der Waals surface area contributed by atoms with Gasteiger partial charge in [-0.1, -0.05) is 28.1 Å². The minimum absolute atomic E-state index is 0.0822. The van der Waals surface area contributed by atoms with Gasteiger partial charge in [-0.05, 0) is 43.9 Å². The molecule has 0 aliphatic heterocycles. The Morgan fingerprint density at radius 1 is 1.43 bits per heavy atom. The van der Waals surface area contributed by atoms with Crippen molar-refractivity contribution in [1.29, 1.82) is 5.26 Å². The van der Waals surface area contributed by atoms with Crippen LogP contribution in [0.25, 0.3) is 0 Å². The standard InChI is InChI=1S/C16H17BrN2O2/c1-9(2)19-16(21)14(8-18)15(20)13-7-12(13)10-4-3-5-11(17)6-10/h3-6,9,12-14H,7H2,1-2H3,(H,19,21)/t12-,13-,14+/m0/s1. The largest absolute Gasteiger partial charge is 0.352 e. The second-order valence-corrected chi connectivity index (χ2v) is 6.55. The van der Waals surface area contributed by atoms with Crippen molar-refractivity contribution in [3.05, 3.63) is 34.3 Å². The van der Waals surface area contributed by atoms with Crippen molar-refractivity contribution in [2.24, 2.45) is 11.8 Å². The average molecular weight is 349 g/mol. The summed E-state index contributed by atoms with van der Waals surface area (Å²) in [6.45, 7) is 3.61. The van der Waals surface area contributed by atoms with Gasteiger partial charge < -0.3 is 5.32 Å². The van der Waals surface area contributed by atoms with Crippen molar-refractivity contribution in [3.8, 4) is 6.07 Å². The van der Waals surface area contributed by atoms with Crippen LogP contribution in [0.5, 0.6) is 0 Å². The highest BCUT2D eigenvalue weighted by Gasteiger charge is 2.47. The third-order valence-corrected chi connectivity index (χ3v) is 4.03. The lowest BCUT2D eigenvalue weighted by atomic mass is 9.98. The number of carbonyl (C=O) groups excluding carboxylic acids is 2. The maximum atomic E-state index is 12.3. The maximum Gasteiger partial charge on any atom is 0.245 e. The van der Waals surface area contributed by atoms with Crippen molar-refractivity contribution in [1.82, 2.24) is 5.32 Å². The first-order valence-corrected chi connectivity index (χ1v) is 7.72. The summed E-state index contributed by atoms with van der Waals surface area (Å²) in [5.74, 6) is -2.05. The van der Waals surface area contributed by atoms with Crippen LogP contribution in [0, 0.1) is 23.2 Å².